The second-order valence-electron chi connectivity index (χ2n) is 3.08. The fraction of sp³-hybridized carbons (Fsp3) is 0.125. The lowest BCUT2D eigenvalue weighted by Crippen LogP contribution is -1.96. The van der Waals surface area contributed by atoms with E-state index in [0.29, 0.717) is 5.78 Å². The van der Waals surface area contributed by atoms with Crippen LogP contribution < -0.4 is 0 Å². The highest BCUT2D eigenvalue weighted by Gasteiger charge is 2.04. The van der Waals surface area contributed by atoms with Crippen LogP contribution in [0.15, 0.2) is 18.2 Å². The fourth-order valence-electron chi connectivity index (χ4n) is 1.39. The van der Waals surface area contributed by atoms with Gasteiger partial charge in [-0.3, -0.25) is 0 Å². The molecule has 0 saturated carbocycles. The number of benzene rings is 1. The molecule has 0 radical (unpaired) electrons. The summed E-state index contributed by atoms with van der Waals surface area (Å²) in [6.07, 6.45) is 0. The van der Waals surface area contributed by atoms with E-state index >= 15 is 0 Å². The molecule has 0 unspecified atom stereocenters. The molecule has 68 valence electrons. The average molecular weight is 186 g/mol. The van der Waals surface area contributed by atoms with E-state index in [9.17, 15) is 0 Å². The summed E-state index contributed by atoms with van der Waals surface area (Å²) in [5, 5.41) is 19.0. The summed E-state index contributed by atoms with van der Waals surface area (Å²) in [5.74, 6) is 0.418. The monoisotopic (exact) mass is 186 g/mol. The molecular formula is C8H6N6. The van der Waals surface area contributed by atoms with Crippen LogP contribution in [0, 0.1) is 6.92 Å². The molecular weight excluding hydrogens is 180 g/mol. The lowest BCUT2D eigenvalue weighted by molar-refractivity contribution is 0.837. The van der Waals surface area contributed by atoms with E-state index in [1.54, 1.807) is 4.52 Å². The van der Waals surface area contributed by atoms with Crippen molar-refractivity contribution in [2.75, 3.05) is 0 Å². The molecule has 2 aromatic heterocycles. The van der Waals surface area contributed by atoms with Gasteiger partial charge in [0.1, 0.15) is 5.52 Å². The van der Waals surface area contributed by atoms with E-state index in [2.05, 4.69) is 25.7 Å². The van der Waals surface area contributed by atoms with Gasteiger partial charge in [-0.15, -0.1) is 10.2 Å². The van der Waals surface area contributed by atoms with Gasteiger partial charge in [0.15, 0.2) is 0 Å². The van der Waals surface area contributed by atoms with Gasteiger partial charge in [0, 0.05) is 0 Å². The molecule has 3 rings (SSSR count). The zero-order valence-corrected chi connectivity index (χ0v) is 7.42. The van der Waals surface area contributed by atoms with Crippen molar-refractivity contribution in [3.8, 4) is 0 Å². The first-order valence-electron chi connectivity index (χ1n) is 4.16. The molecule has 6 nitrogen and oxygen atoms in total. The van der Waals surface area contributed by atoms with Crippen LogP contribution in [0.3, 0.4) is 0 Å². The number of nitrogens with zero attached hydrogens (tertiary/aromatic N) is 6. The van der Waals surface area contributed by atoms with Gasteiger partial charge in [0.05, 0.1) is 5.52 Å². The quantitative estimate of drug-likeness (QED) is 0.507. The lowest BCUT2D eigenvalue weighted by atomic mass is 10.2. The van der Waals surface area contributed by atoms with E-state index in [1.807, 2.05) is 25.1 Å². The van der Waals surface area contributed by atoms with Crippen LogP contribution in [0.4, 0.5) is 0 Å². The standard InChI is InChI=1S/C8H6N6/c1-5-2-3-7-6(4-5)9-10-8-11-12-13-14(7)8/h2-4H,1H3. The smallest absolute Gasteiger partial charge is 0.173 e. The summed E-state index contributed by atoms with van der Waals surface area (Å²) in [4.78, 5) is 0. The molecule has 0 aliphatic carbocycles. The Morgan fingerprint density at radius 3 is 3.00 bits per heavy atom. The Kier molecular flexibility index (Phi) is 1.27. The summed E-state index contributed by atoms with van der Waals surface area (Å²) in [7, 11) is 0. The lowest BCUT2D eigenvalue weighted by Gasteiger charge is -1.97. The minimum absolute atomic E-state index is 0.418. The van der Waals surface area contributed by atoms with Gasteiger partial charge in [-0.25, -0.2) is 0 Å². The Morgan fingerprint density at radius 1 is 1.14 bits per heavy atom. The molecule has 3 aromatic rings. The van der Waals surface area contributed by atoms with E-state index in [4.69, 9.17) is 0 Å². The molecule has 0 fully saturated rings. The molecule has 0 N–H and O–H groups in total. The van der Waals surface area contributed by atoms with Crippen molar-refractivity contribution < 1.29 is 0 Å². The van der Waals surface area contributed by atoms with E-state index in [1.165, 1.54) is 0 Å². The molecule has 0 bridgehead atoms. The van der Waals surface area contributed by atoms with Gasteiger partial charge >= 0.3 is 0 Å². The zero-order chi connectivity index (χ0) is 9.54. The Morgan fingerprint density at radius 2 is 2.07 bits per heavy atom. The predicted octanol–water partition coefficient (Wildman–Crippen LogP) is 0.376. The summed E-state index contributed by atoms with van der Waals surface area (Å²) in [6, 6.07) is 5.87. The molecule has 0 atom stereocenters. The van der Waals surface area contributed by atoms with Gasteiger partial charge in [0.2, 0.25) is 0 Å². The van der Waals surface area contributed by atoms with Gasteiger partial charge in [-0.2, -0.15) is 4.52 Å². The minimum Gasteiger partial charge on any atom is -0.173 e. The maximum Gasteiger partial charge on any atom is 0.292 e. The third-order valence-corrected chi connectivity index (χ3v) is 2.06. The SMILES string of the molecule is Cc1ccc2c(c1)nnc1nnnn12. The van der Waals surface area contributed by atoms with Crippen LogP contribution in [-0.2, 0) is 0 Å². The van der Waals surface area contributed by atoms with Crippen molar-refractivity contribution in [1.29, 1.82) is 0 Å². The van der Waals surface area contributed by atoms with Gasteiger partial charge < -0.3 is 0 Å². The number of hydrogen-bond acceptors (Lipinski definition) is 5. The first-order chi connectivity index (χ1) is 6.84. The predicted molar refractivity (Wildman–Crippen MR) is 48.6 cm³/mol. The third kappa shape index (κ3) is 0.875. The van der Waals surface area contributed by atoms with Crippen LogP contribution in [0.5, 0.6) is 0 Å². The molecule has 2 heterocycles. The molecule has 14 heavy (non-hydrogen) atoms. The maximum absolute atomic E-state index is 4.03. The van der Waals surface area contributed by atoms with Crippen LogP contribution in [0.1, 0.15) is 5.56 Å². The molecule has 1 aromatic carbocycles. The van der Waals surface area contributed by atoms with E-state index in [0.717, 1.165) is 16.6 Å². The van der Waals surface area contributed by atoms with Gasteiger partial charge in [-0.1, -0.05) is 11.2 Å². The van der Waals surface area contributed by atoms with Crippen LogP contribution in [-0.4, -0.2) is 30.2 Å². The average Bonchev–Trinajstić information content (AvgIpc) is 2.65. The Hall–Kier alpha value is -2.11. The normalized spacial score (nSPS) is 11.2. The Balaban J connectivity index is 2.57. The van der Waals surface area contributed by atoms with Crippen molar-refractivity contribution in [1.82, 2.24) is 30.2 Å². The number of fused-ring (bicyclic) bond motifs is 3. The molecule has 0 spiro atoms. The van der Waals surface area contributed by atoms with Crippen molar-refractivity contribution in [2.45, 2.75) is 6.92 Å². The highest BCUT2D eigenvalue weighted by molar-refractivity contribution is 5.76. The second kappa shape index (κ2) is 2.44. The largest absolute Gasteiger partial charge is 0.292 e. The van der Waals surface area contributed by atoms with Crippen molar-refractivity contribution in [3.05, 3.63) is 23.8 Å². The van der Waals surface area contributed by atoms with Crippen molar-refractivity contribution >= 4 is 16.8 Å². The van der Waals surface area contributed by atoms with Gasteiger partial charge in [-0.05, 0) is 35.0 Å². The Labute approximate surface area is 78.6 Å². The third-order valence-electron chi connectivity index (χ3n) is 2.06. The maximum atomic E-state index is 4.03. The molecule has 0 amide bonds. The van der Waals surface area contributed by atoms with Crippen LogP contribution in [0.2, 0.25) is 0 Å². The summed E-state index contributed by atoms with van der Waals surface area (Å²) >= 11 is 0. The summed E-state index contributed by atoms with van der Waals surface area (Å²) < 4.78 is 1.57. The molecule has 0 saturated heterocycles. The fourth-order valence-corrected chi connectivity index (χ4v) is 1.39. The van der Waals surface area contributed by atoms with E-state index in [-0.39, 0.29) is 0 Å². The number of aryl methyl sites for hydroxylation is 1. The second-order valence-corrected chi connectivity index (χ2v) is 3.08. The number of tetrazole rings is 1. The summed E-state index contributed by atoms with van der Waals surface area (Å²) in [6.45, 7) is 2.00. The number of rotatable bonds is 0. The van der Waals surface area contributed by atoms with Gasteiger partial charge in [0.25, 0.3) is 5.78 Å². The Bertz CT molecular complexity index is 613. The minimum atomic E-state index is 0.418. The highest BCUT2D eigenvalue weighted by atomic mass is 15.5. The zero-order valence-electron chi connectivity index (χ0n) is 7.42. The number of aromatic nitrogens is 6. The molecule has 6 heteroatoms. The first kappa shape index (κ1) is 7.31. The highest BCUT2D eigenvalue weighted by Crippen LogP contribution is 2.11. The van der Waals surface area contributed by atoms with Crippen molar-refractivity contribution in [2.24, 2.45) is 0 Å². The van der Waals surface area contributed by atoms with Crippen LogP contribution in [0.25, 0.3) is 16.8 Å². The molecule has 0 aliphatic heterocycles. The van der Waals surface area contributed by atoms with Crippen molar-refractivity contribution in [3.63, 3.8) is 0 Å². The first-order valence-corrected chi connectivity index (χ1v) is 4.16. The molecule has 0 aliphatic rings. The van der Waals surface area contributed by atoms with Crippen LogP contribution >= 0.6 is 0 Å². The number of hydrogen-bond donors (Lipinski definition) is 0. The van der Waals surface area contributed by atoms with E-state index < -0.39 is 0 Å². The topological polar surface area (TPSA) is 68.9 Å². The summed E-state index contributed by atoms with van der Waals surface area (Å²) in [5.41, 5.74) is 2.80.